The van der Waals surface area contributed by atoms with E-state index in [1.54, 1.807) is 6.08 Å². The Bertz CT molecular complexity index is 845. The molecule has 0 aliphatic heterocycles. The van der Waals surface area contributed by atoms with Gasteiger partial charge in [-0.1, -0.05) is 66.7 Å². The normalized spacial score (nSPS) is 23.7. The molecular formula is C21H21NO4. The van der Waals surface area contributed by atoms with E-state index in [1.807, 2.05) is 60.7 Å². The van der Waals surface area contributed by atoms with Crippen LogP contribution in [0.5, 0.6) is 0 Å². The molecule has 0 saturated carbocycles. The van der Waals surface area contributed by atoms with Crippen molar-refractivity contribution in [3.63, 3.8) is 0 Å². The summed E-state index contributed by atoms with van der Waals surface area (Å²) in [5, 5.41) is 30.2. The largest absolute Gasteiger partial charge is 0.508 e. The van der Waals surface area contributed by atoms with Crippen LogP contribution < -0.4 is 5.73 Å². The van der Waals surface area contributed by atoms with Crippen molar-refractivity contribution in [2.45, 2.75) is 23.8 Å². The first kappa shape index (κ1) is 17.8. The second-order valence-corrected chi connectivity index (χ2v) is 6.50. The Morgan fingerprint density at radius 2 is 1.62 bits per heavy atom. The van der Waals surface area contributed by atoms with E-state index in [-0.39, 0.29) is 17.9 Å². The summed E-state index contributed by atoms with van der Waals surface area (Å²) in [4.78, 5) is 11.5. The van der Waals surface area contributed by atoms with Gasteiger partial charge in [0.05, 0.1) is 5.92 Å². The minimum absolute atomic E-state index is 0.0692. The molecule has 0 amide bonds. The van der Waals surface area contributed by atoms with Gasteiger partial charge in [-0.15, -0.1) is 0 Å². The molecule has 3 rings (SSSR count). The lowest BCUT2D eigenvalue weighted by Gasteiger charge is -2.42. The predicted octanol–water partition coefficient (Wildman–Crippen LogP) is 3.41. The van der Waals surface area contributed by atoms with Gasteiger partial charge in [0.2, 0.25) is 0 Å². The highest BCUT2D eigenvalue weighted by Crippen LogP contribution is 2.50. The predicted molar refractivity (Wildman–Crippen MR) is 99.0 cm³/mol. The van der Waals surface area contributed by atoms with E-state index in [0.717, 1.165) is 11.1 Å². The number of allylic oxidation sites excluding steroid dienone is 3. The topological polar surface area (TPSA) is 104 Å². The average molecular weight is 351 g/mol. The van der Waals surface area contributed by atoms with E-state index in [9.17, 15) is 20.1 Å². The van der Waals surface area contributed by atoms with Crippen molar-refractivity contribution in [1.82, 2.24) is 0 Å². The van der Waals surface area contributed by atoms with Gasteiger partial charge >= 0.3 is 5.97 Å². The average Bonchev–Trinajstić information content (AvgIpc) is 2.66. The van der Waals surface area contributed by atoms with E-state index in [2.05, 4.69) is 0 Å². The molecular weight excluding hydrogens is 330 g/mol. The number of aliphatic hydroxyl groups is 2. The quantitative estimate of drug-likeness (QED) is 0.661. The standard InChI is InChI=1S/C21H21NO4/c22-16(20(25)26)13-21(15-9-5-2-6-10-15)12-11-17(23)19(24)18(21)14-7-3-1-4-8-14/h1-12,16,18,23-24H,13,22H2,(H,25,26). The van der Waals surface area contributed by atoms with Gasteiger partial charge in [-0.05, 0) is 23.6 Å². The molecule has 0 radical (unpaired) electrons. The monoisotopic (exact) mass is 351 g/mol. The number of rotatable bonds is 5. The fraction of sp³-hybridized carbons (Fsp3) is 0.190. The van der Waals surface area contributed by atoms with Crippen molar-refractivity contribution in [3.05, 3.63) is 95.5 Å². The van der Waals surface area contributed by atoms with Gasteiger partial charge in [0, 0.05) is 5.41 Å². The molecule has 0 bridgehead atoms. The van der Waals surface area contributed by atoms with E-state index in [0.29, 0.717) is 0 Å². The van der Waals surface area contributed by atoms with Crippen molar-refractivity contribution in [3.8, 4) is 0 Å². The first-order chi connectivity index (χ1) is 12.5. The number of benzene rings is 2. The van der Waals surface area contributed by atoms with Gasteiger partial charge in [-0.25, -0.2) is 0 Å². The van der Waals surface area contributed by atoms with Crippen molar-refractivity contribution >= 4 is 5.97 Å². The molecule has 0 heterocycles. The zero-order valence-electron chi connectivity index (χ0n) is 14.1. The zero-order chi connectivity index (χ0) is 18.7. The smallest absolute Gasteiger partial charge is 0.320 e. The number of carboxylic acid groups (broad SMARTS) is 1. The molecule has 5 heteroatoms. The number of hydrogen-bond donors (Lipinski definition) is 4. The molecule has 1 aliphatic carbocycles. The highest BCUT2D eigenvalue weighted by atomic mass is 16.4. The summed E-state index contributed by atoms with van der Waals surface area (Å²) in [7, 11) is 0. The molecule has 0 fully saturated rings. The molecule has 5 nitrogen and oxygen atoms in total. The number of hydrogen-bond acceptors (Lipinski definition) is 4. The Morgan fingerprint density at radius 1 is 1.04 bits per heavy atom. The number of carboxylic acids is 1. The summed E-state index contributed by atoms with van der Waals surface area (Å²) in [6.45, 7) is 0. The Balaban J connectivity index is 2.23. The zero-order valence-corrected chi connectivity index (χ0v) is 14.1. The molecule has 3 atom stereocenters. The second kappa shape index (κ2) is 7.06. The summed E-state index contributed by atoms with van der Waals surface area (Å²) in [6.07, 6.45) is 3.23. The van der Waals surface area contributed by atoms with Crippen LogP contribution in [0.1, 0.15) is 23.5 Å². The Kier molecular flexibility index (Phi) is 4.82. The van der Waals surface area contributed by atoms with Crippen LogP contribution in [-0.2, 0) is 10.2 Å². The highest BCUT2D eigenvalue weighted by Gasteiger charge is 2.46. The number of aliphatic carboxylic acids is 1. The van der Waals surface area contributed by atoms with E-state index < -0.39 is 23.3 Å². The summed E-state index contributed by atoms with van der Waals surface area (Å²) < 4.78 is 0. The van der Waals surface area contributed by atoms with E-state index in [4.69, 9.17) is 5.73 Å². The lowest BCUT2D eigenvalue weighted by molar-refractivity contribution is -0.139. The maximum absolute atomic E-state index is 11.5. The molecule has 5 N–H and O–H groups in total. The SMILES string of the molecule is NC(CC1(c2ccccc2)C=CC(O)=C(O)C1c1ccccc1)C(=O)O. The van der Waals surface area contributed by atoms with Crippen LogP contribution in [0.2, 0.25) is 0 Å². The third kappa shape index (κ3) is 3.09. The summed E-state index contributed by atoms with van der Waals surface area (Å²) >= 11 is 0. The van der Waals surface area contributed by atoms with Crippen LogP contribution in [0, 0.1) is 0 Å². The number of carbonyl (C=O) groups is 1. The van der Waals surface area contributed by atoms with Crippen molar-refractivity contribution in [1.29, 1.82) is 0 Å². The molecule has 26 heavy (non-hydrogen) atoms. The molecule has 2 aromatic rings. The Labute approximate surface area is 151 Å². The third-order valence-electron chi connectivity index (χ3n) is 4.91. The lowest BCUT2D eigenvalue weighted by Crippen LogP contribution is -2.44. The lowest BCUT2D eigenvalue weighted by atomic mass is 9.62. The minimum atomic E-state index is -1.13. The van der Waals surface area contributed by atoms with Crippen LogP contribution in [0.3, 0.4) is 0 Å². The maximum Gasteiger partial charge on any atom is 0.320 e. The fourth-order valence-corrected chi connectivity index (χ4v) is 3.67. The first-order valence-corrected chi connectivity index (χ1v) is 8.36. The van der Waals surface area contributed by atoms with Crippen LogP contribution in [0.25, 0.3) is 0 Å². The van der Waals surface area contributed by atoms with Crippen molar-refractivity contribution < 1.29 is 20.1 Å². The second-order valence-electron chi connectivity index (χ2n) is 6.50. The Hall–Kier alpha value is -3.05. The highest BCUT2D eigenvalue weighted by molar-refractivity contribution is 5.73. The molecule has 1 aliphatic rings. The maximum atomic E-state index is 11.5. The molecule has 2 aromatic carbocycles. The third-order valence-corrected chi connectivity index (χ3v) is 4.91. The van der Waals surface area contributed by atoms with Crippen LogP contribution in [0.15, 0.2) is 84.3 Å². The fourth-order valence-electron chi connectivity index (χ4n) is 3.67. The number of aliphatic hydroxyl groups excluding tert-OH is 2. The van der Waals surface area contributed by atoms with Crippen LogP contribution in [-0.4, -0.2) is 27.3 Å². The van der Waals surface area contributed by atoms with E-state index in [1.165, 1.54) is 6.08 Å². The molecule has 0 saturated heterocycles. The first-order valence-electron chi connectivity index (χ1n) is 8.36. The van der Waals surface area contributed by atoms with Crippen molar-refractivity contribution in [2.75, 3.05) is 0 Å². The summed E-state index contributed by atoms with van der Waals surface area (Å²) in [6, 6.07) is 17.4. The molecule has 0 spiro atoms. The molecule has 134 valence electrons. The van der Waals surface area contributed by atoms with Gasteiger partial charge in [0.25, 0.3) is 0 Å². The van der Waals surface area contributed by atoms with Crippen LogP contribution >= 0.6 is 0 Å². The van der Waals surface area contributed by atoms with Gasteiger partial charge < -0.3 is 21.1 Å². The number of nitrogens with two attached hydrogens (primary N) is 1. The molecule has 3 unspecified atom stereocenters. The van der Waals surface area contributed by atoms with Gasteiger partial charge in [-0.3, -0.25) is 4.79 Å². The van der Waals surface area contributed by atoms with Crippen LogP contribution in [0.4, 0.5) is 0 Å². The van der Waals surface area contributed by atoms with E-state index >= 15 is 0 Å². The van der Waals surface area contributed by atoms with Crippen molar-refractivity contribution in [2.24, 2.45) is 5.73 Å². The van der Waals surface area contributed by atoms with Gasteiger partial charge in [0.1, 0.15) is 11.8 Å². The summed E-state index contributed by atoms with van der Waals surface area (Å²) in [5.41, 5.74) is 6.58. The minimum Gasteiger partial charge on any atom is -0.508 e. The van der Waals surface area contributed by atoms with Gasteiger partial charge in [-0.2, -0.15) is 0 Å². The Morgan fingerprint density at radius 3 is 2.19 bits per heavy atom. The summed E-state index contributed by atoms with van der Waals surface area (Å²) in [5.74, 6) is -2.19. The van der Waals surface area contributed by atoms with Gasteiger partial charge in [0.15, 0.2) is 5.76 Å². The molecule has 0 aromatic heterocycles.